The van der Waals surface area contributed by atoms with Crippen molar-refractivity contribution in [1.29, 1.82) is 0 Å². The van der Waals surface area contributed by atoms with E-state index in [1.54, 1.807) is 0 Å². The fourth-order valence-corrected chi connectivity index (χ4v) is 1.92. The summed E-state index contributed by atoms with van der Waals surface area (Å²) in [4.78, 5) is 2.18. The first-order valence-electron chi connectivity index (χ1n) is 6.74. The van der Waals surface area contributed by atoms with Gasteiger partial charge in [0.05, 0.1) is 6.61 Å². The van der Waals surface area contributed by atoms with Gasteiger partial charge in [0, 0.05) is 6.54 Å². The Morgan fingerprint density at radius 1 is 1.11 bits per heavy atom. The topological polar surface area (TPSA) is 12.5 Å². The average Bonchev–Trinajstić information content (AvgIpc) is 2.24. The van der Waals surface area contributed by atoms with E-state index in [-0.39, 0.29) is 0 Å². The minimum absolute atomic E-state index is 0.295. The van der Waals surface area contributed by atoms with E-state index in [9.17, 15) is 0 Å². The molecule has 0 atom stereocenters. The van der Waals surface area contributed by atoms with Gasteiger partial charge in [-0.25, -0.2) is 0 Å². The summed E-state index contributed by atoms with van der Waals surface area (Å²) in [6.07, 6.45) is 2.12. The lowest BCUT2D eigenvalue weighted by Crippen LogP contribution is -2.16. The normalized spacial score (nSPS) is 11.9. The van der Waals surface area contributed by atoms with Crippen molar-refractivity contribution in [2.45, 2.75) is 33.6 Å². The maximum absolute atomic E-state index is 5.91. The molecule has 2 heteroatoms. The van der Waals surface area contributed by atoms with E-state index in [1.807, 2.05) is 6.07 Å². The summed E-state index contributed by atoms with van der Waals surface area (Å²) in [7, 11) is 4.18. The van der Waals surface area contributed by atoms with E-state index < -0.39 is 0 Å². The van der Waals surface area contributed by atoms with Crippen LogP contribution in [0.3, 0.4) is 0 Å². The first-order valence-corrected chi connectivity index (χ1v) is 6.74. The molecule has 1 rings (SSSR count). The van der Waals surface area contributed by atoms with Crippen LogP contribution in [0.1, 0.15) is 32.8 Å². The summed E-state index contributed by atoms with van der Waals surface area (Å²) < 4.78 is 5.91. The Morgan fingerprint density at radius 3 is 2.39 bits per heavy atom. The van der Waals surface area contributed by atoms with Crippen molar-refractivity contribution in [3.8, 4) is 5.75 Å². The maximum Gasteiger partial charge on any atom is 0.122 e. The van der Waals surface area contributed by atoms with Gasteiger partial charge in [0.25, 0.3) is 0 Å². The molecule has 0 radical (unpaired) electrons. The van der Waals surface area contributed by atoms with Crippen molar-refractivity contribution >= 4 is 0 Å². The van der Waals surface area contributed by atoms with Crippen LogP contribution in [0.15, 0.2) is 24.3 Å². The molecule has 0 heterocycles. The highest BCUT2D eigenvalue weighted by Crippen LogP contribution is 2.27. The first-order chi connectivity index (χ1) is 8.38. The van der Waals surface area contributed by atoms with Crippen LogP contribution in [-0.2, 0) is 6.42 Å². The third kappa shape index (κ3) is 6.06. The Kier molecular flexibility index (Phi) is 5.67. The Bertz CT molecular complexity index is 352. The summed E-state index contributed by atoms with van der Waals surface area (Å²) in [6.45, 7) is 8.64. The van der Waals surface area contributed by atoms with Gasteiger partial charge < -0.3 is 9.64 Å². The van der Waals surface area contributed by atoms with E-state index in [4.69, 9.17) is 4.74 Å². The van der Waals surface area contributed by atoms with E-state index in [1.165, 1.54) is 5.56 Å². The average molecular weight is 249 g/mol. The first kappa shape index (κ1) is 15.0. The van der Waals surface area contributed by atoms with Crippen LogP contribution < -0.4 is 4.74 Å². The lowest BCUT2D eigenvalue weighted by molar-refractivity contribution is 0.276. The standard InChI is InChI=1S/C16H27NO/c1-16(2,3)13-14-9-6-7-10-15(14)18-12-8-11-17(4)5/h6-7,9-10H,8,11-13H2,1-5H3. The third-order valence-electron chi connectivity index (χ3n) is 2.70. The summed E-state index contributed by atoms with van der Waals surface area (Å²) >= 11 is 0. The molecule has 18 heavy (non-hydrogen) atoms. The number of hydrogen-bond donors (Lipinski definition) is 0. The molecule has 0 bridgehead atoms. The monoisotopic (exact) mass is 249 g/mol. The minimum atomic E-state index is 0.295. The van der Waals surface area contributed by atoms with Gasteiger partial charge in [0.1, 0.15) is 5.75 Å². The Hall–Kier alpha value is -1.02. The molecular formula is C16H27NO. The molecule has 0 fully saturated rings. The zero-order valence-electron chi connectivity index (χ0n) is 12.5. The van der Waals surface area contributed by atoms with Crippen molar-refractivity contribution in [3.63, 3.8) is 0 Å². The van der Waals surface area contributed by atoms with Crippen LogP contribution in [0.5, 0.6) is 5.75 Å². The number of rotatable bonds is 6. The predicted octanol–water partition coefficient (Wildman–Crippen LogP) is 3.61. The summed E-state index contributed by atoms with van der Waals surface area (Å²) in [5, 5.41) is 0. The van der Waals surface area contributed by atoms with Gasteiger partial charge in [-0.2, -0.15) is 0 Å². The number of nitrogens with zero attached hydrogens (tertiary/aromatic N) is 1. The van der Waals surface area contributed by atoms with Crippen LogP contribution in [0, 0.1) is 5.41 Å². The number of hydrogen-bond acceptors (Lipinski definition) is 2. The molecule has 0 aromatic heterocycles. The highest BCUT2D eigenvalue weighted by Gasteiger charge is 2.14. The van der Waals surface area contributed by atoms with Crippen LogP contribution >= 0.6 is 0 Å². The smallest absolute Gasteiger partial charge is 0.122 e. The number of para-hydroxylation sites is 1. The molecule has 0 saturated heterocycles. The van der Waals surface area contributed by atoms with Crippen molar-refractivity contribution in [2.24, 2.45) is 5.41 Å². The van der Waals surface area contributed by atoms with E-state index in [2.05, 4.69) is 58.0 Å². The van der Waals surface area contributed by atoms with Gasteiger partial charge in [-0.05, 0) is 44.0 Å². The van der Waals surface area contributed by atoms with Crippen molar-refractivity contribution in [3.05, 3.63) is 29.8 Å². The molecular weight excluding hydrogens is 222 g/mol. The second-order valence-electron chi connectivity index (χ2n) is 6.35. The molecule has 0 aliphatic heterocycles. The van der Waals surface area contributed by atoms with Gasteiger partial charge in [-0.3, -0.25) is 0 Å². The largest absolute Gasteiger partial charge is 0.493 e. The number of benzene rings is 1. The molecule has 0 saturated carbocycles. The lowest BCUT2D eigenvalue weighted by atomic mass is 9.88. The summed E-state index contributed by atoms with van der Waals surface area (Å²) in [6, 6.07) is 8.39. The highest BCUT2D eigenvalue weighted by molar-refractivity contribution is 5.34. The minimum Gasteiger partial charge on any atom is -0.493 e. The summed E-state index contributed by atoms with van der Waals surface area (Å²) in [5.74, 6) is 1.05. The van der Waals surface area contributed by atoms with Crippen LogP contribution in [0.25, 0.3) is 0 Å². The van der Waals surface area contributed by atoms with E-state index >= 15 is 0 Å². The summed E-state index contributed by atoms with van der Waals surface area (Å²) in [5.41, 5.74) is 1.61. The zero-order valence-corrected chi connectivity index (χ0v) is 12.5. The Balaban J connectivity index is 2.54. The van der Waals surface area contributed by atoms with E-state index in [0.717, 1.165) is 31.7 Å². The maximum atomic E-state index is 5.91. The van der Waals surface area contributed by atoms with Gasteiger partial charge >= 0.3 is 0 Å². The van der Waals surface area contributed by atoms with Gasteiger partial charge in [0.15, 0.2) is 0 Å². The van der Waals surface area contributed by atoms with Gasteiger partial charge in [-0.1, -0.05) is 39.0 Å². The Labute approximate surface area is 112 Å². The van der Waals surface area contributed by atoms with Crippen molar-refractivity contribution in [1.82, 2.24) is 4.90 Å². The van der Waals surface area contributed by atoms with Crippen LogP contribution in [0.2, 0.25) is 0 Å². The number of ether oxygens (including phenoxy) is 1. The fourth-order valence-electron chi connectivity index (χ4n) is 1.92. The second-order valence-corrected chi connectivity index (χ2v) is 6.35. The molecule has 0 unspecified atom stereocenters. The van der Waals surface area contributed by atoms with Crippen LogP contribution in [0.4, 0.5) is 0 Å². The van der Waals surface area contributed by atoms with Crippen LogP contribution in [-0.4, -0.2) is 32.1 Å². The van der Waals surface area contributed by atoms with Crippen molar-refractivity contribution in [2.75, 3.05) is 27.2 Å². The lowest BCUT2D eigenvalue weighted by Gasteiger charge is -2.20. The molecule has 0 aliphatic carbocycles. The Morgan fingerprint density at radius 2 is 1.78 bits per heavy atom. The van der Waals surface area contributed by atoms with Gasteiger partial charge in [-0.15, -0.1) is 0 Å². The molecule has 0 aliphatic rings. The van der Waals surface area contributed by atoms with E-state index in [0.29, 0.717) is 5.41 Å². The van der Waals surface area contributed by atoms with Crippen molar-refractivity contribution < 1.29 is 4.74 Å². The molecule has 102 valence electrons. The third-order valence-corrected chi connectivity index (χ3v) is 2.70. The molecule has 0 amide bonds. The van der Waals surface area contributed by atoms with Gasteiger partial charge in [0.2, 0.25) is 0 Å². The molecule has 1 aromatic rings. The fraction of sp³-hybridized carbons (Fsp3) is 0.625. The molecule has 1 aromatic carbocycles. The predicted molar refractivity (Wildman–Crippen MR) is 78.3 cm³/mol. The second kappa shape index (κ2) is 6.79. The molecule has 2 nitrogen and oxygen atoms in total. The molecule has 0 N–H and O–H groups in total. The zero-order chi connectivity index (χ0) is 13.6. The quantitative estimate of drug-likeness (QED) is 0.714. The SMILES string of the molecule is CN(C)CCCOc1ccccc1CC(C)(C)C. The highest BCUT2D eigenvalue weighted by atomic mass is 16.5. The molecule has 0 spiro atoms.